The molecule has 0 saturated heterocycles. The second-order valence-electron chi connectivity index (χ2n) is 5.18. The topological polar surface area (TPSA) is 20.3 Å². The van der Waals surface area contributed by atoms with Gasteiger partial charge in [0.25, 0.3) is 0 Å². The highest BCUT2D eigenvalue weighted by atomic mass is 79.9. The van der Waals surface area contributed by atoms with Crippen molar-refractivity contribution in [2.75, 3.05) is 13.1 Å². The highest BCUT2D eigenvalue weighted by Crippen LogP contribution is 2.15. The second kappa shape index (κ2) is 7.64. The maximum Gasteiger partial charge on any atom is 0.102 e. The minimum Gasteiger partial charge on any atom is -0.242 e. The Morgan fingerprint density at radius 2 is 2.05 bits per heavy atom. The van der Waals surface area contributed by atoms with E-state index in [2.05, 4.69) is 33.7 Å². The molecule has 0 heterocycles. The van der Waals surface area contributed by atoms with Gasteiger partial charge in [-0.15, -0.1) is 6.42 Å². The zero-order valence-electron chi connectivity index (χ0n) is 11.9. The minimum absolute atomic E-state index is 0.330. The lowest BCUT2D eigenvalue weighted by Gasteiger charge is -2.25. The fourth-order valence-electron chi connectivity index (χ4n) is 1.46. The largest absolute Gasteiger partial charge is 0.242 e. The number of hydrogen-bond acceptors (Lipinski definition) is 1. The van der Waals surface area contributed by atoms with Gasteiger partial charge in [0, 0.05) is 10.0 Å². The SMILES string of the molecule is C#CCN(CC#Cc1cccc(Br)c1)S(=O)C(C)(C)C. The Hall–Kier alpha value is -1.07. The van der Waals surface area contributed by atoms with Gasteiger partial charge in [0.2, 0.25) is 0 Å². The molecule has 0 aliphatic heterocycles. The molecule has 0 saturated carbocycles. The van der Waals surface area contributed by atoms with Crippen LogP contribution in [0.4, 0.5) is 0 Å². The maximum absolute atomic E-state index is 12.3. The number of terminal acetylenes is 1. The summed E-state index contributed by atoms with van der Waals surface area (Å²) in [6, 6.07) is 7.76. The van der Waals surface area contributed by atoms with Crippen molar-refractivity contribution in [3.05, 3.63) is 34.3 Å². The van der Waals surface area contributed by atoms with Gasteiger partial charge in [-0.2, -0.15) is 0 Å². The molecule has 0 aromatic heterocycles. The minimum atomic E-state index is -1.16. The van der Waals surface area contributed by atoms with Crippen LogP contribution in [0.3, 0.4) is 0 Å². The highest BCUT2D eigenvalue weighted by Gasteiger charge is 2.25. The van der Waals surface area contributed by atoms with Gasteiger partial charge in [-0.1, -0.05) is 39.8 Å². The van der Waals surface area contributed by atoms with Crippen molar-refractivity contribution in [3.63, 3.8) is 0 Å². The van der Waals surface area contributed by atoms with Gasteiger partial charge in [-0.3, -0.25) is 0 Å². The molecule has 1 rings (SSSR count). The maximum atomic E-state index is 12.3. The van der Waals surface area contributed by atoms with Crippen molar-refractivity contribution in [2.45, 2.75) is 25.5 Å². The average molecular weight is 352 g/mol. The van der Waals surface area contributed by atoms with E-state index in [0.717, 1.165) is 10.0 Å². The molecule has 1 aromatic rings. The Bertz CT molecular complexity index is 587. The van der Waals surface area contributed by atoms with Crippen LogP contribution in [-0.2, 0) is 11.0 Å². The van der Waals surface area contributed by atoms with Crippen molar-refractivity contribution in [1.82, 2.24) is 4.31 Å². The normalized spacial score (nSPS) is 12.4. The molecular weight excluding hydrogens is 334 g/mol. The second-order valence-corrected chi connectivity index (χ2v) is 8.33. The number of nitrogens with zero attached hydrogens (tertiary/aromatic N) is 1. The van der Waals surface area contributed by atoms with Gasteiger partial charge in [0.05, 0.1) is 17.8 Å². The Morgan fingerprint density at radius 1 is 1.35 bits per heavy atom. The first-order valence-electron chi connectivity index (χ1n) is 6.19. The summed E-state index contributed by atoms with van der Waals surface area (Å²) in [7, 11) is -1.16. The van der Waals surface area contributed by atoms with Crippen molar-refractivity contribution in [2.24, 2.45) is 0 Å². The smallest absolute Gasteiger partial charge is 0.102 e. The molecule has 0 fully saturated rings. The van der Waals surface area contributed by atoms with Gasteiger partial charge in [-0.25, -0.2) is 8.51 Å². The van der Waals surface area contributed by atoms with Gasteiger partial charge in [-0.05, 0) is 39.0 Å². The van der Waals surface area contributed by atoms with Crippen molar-refractivity contribution in [3.8, 4) is 24.2 Å². The van der Waals surface area contributed by atoms with Crippen LogP contribution in [0.5, 0.6) is 0 Å². The molecular formula is C16H18BrNOS. The number of rotatable bonds is 3. The van der Waals surface area contributed by atoms with Gasteiger partial charge >= 0.3 is 0 Å². The lowest BCUT2D eigenvalue weighted by molar-refractivity contribution is 0.518. The molecule has 2 nitrogen and oxygen atoms in total. The summed E-state index contributed by atoms with van der Waals surface area (Å²) in [5.41, 5.74) is 0.918. The molecule has 0 N–H and O–H groups in total. The molecule has 0 amide bonds. The quantitative estimate of drug-likeness (QED) is 0.765. The van der Waals surface area contributed by atoms with Crippen LogP contribution in [0.15, 0.2) is 28.7 Å². The van der Waals surface area contributed by atoms with Gasteiger partial charge < -0.3 is 0 Å². The van der Waals surface area contributed by atoms with Crippen LogP contribution in [-0.4, -0.2) is 26.4 Å². The molecule has 0 aliphatic rings. The number of hydrogen-bond donors (Lipinski definition) is 0. The molecule has 0 spiro atoms. The molecule has 1 unspecified atom stereocenters. The van der Waals surface area contributed by atoms with E-state index >= 15 is 0 Å². The summed E-state index contributed by atoms with van der Waals surface area (Å²) in [5, 5.41) is 0. The monoisotopic (exact) mass is 351 g/mol. The molecule has 4 heteroatoms. The van der Waals surface area contributed by atoms with Crippen LogP contribution < -0.4 is 0 Å². The van der Waals surface area contributed by atoms with E-state index in [9.17, 15) is 4.21 Å². The summed E-state index contributed by atoms with van der Waals surface area (Å²) >= 11 is 3.40. The third-order valence-electron chi connectivity index (χ3n) is 2.34. The molecule has 1 atom stereocenters. The lowest BCUT2D eigenvalue weighted by atomic mass is 10.2. The number of benzene rings is 1. The van der Waals surface area contributed by atoms with Gasteiger partial charge in [0.1, 0.15) is 11.0 Å². The first-order chi connectivity index (χ1) is 9.34. The van der Waals surface area contributed by atoms with E-state index in [0.29, 0.717) is 13.1 Å². The molecule has 0 radical (unpaired) electrons. The van der Waals surface area contributed by atoms with E-state index in [4.69, 9.17) is 6.42 Å². The first kappa shape index (κ1) is 17.0. The zero-order chi connectivity index (χ0) is 15.2. The summed E-state index contributed by atoms with van der Waals surface area (Å²) in [5.74, 6) is 8.63. The average Bonchev–Trinajstić information content (AvgIpc) is 2.36. The van der Waals surface area contributed by atoms with Crippen LogP contribution in [0.25, 0.3) is 0 Å². The summed E-state index contributed by atoms with van der Waals surface area (Å²) < 4.78 is 14.7. The highest BCUT2D eigenvalue weighted by molar-refractivity contribution is 9.10. The third kappa shape index (κ3) is 5.51. The van der Waals surface area contributed by atoms with E-state index in [1.54, 1.807) is 4.31 Å². The predicted molar refractivity (Wildman–Crippen MR) is 89.3 cm³/mol. The van der Waals surface area contributed by atoms with Crippen LogP contribution >= 0.6 is 15.9 Å². The summed E-state index contributed by atoms with van der Waals surface area (Å²) in [4.78, 5) is 0. The van der Waals surface area contributed by atoms with Crippen LogP contribution in [0.1, 0.15) is 26.3 Å². The van der Waals surface area contributed by atoms with E-state index in [-0.39, 0.29) is 4.75 Å². The van der Waals surface area contributed by atoms with E-state index in [1.807, 2.05) is 45.0 Å². The van der Waals surface area contributed by atoms with E-state index < -0.39 is 11.0 Å². The Balaban J connectivity index is 2.79. The Labute approximate surface area is 132 Å². The molecule has 20 heavy (non-hydrogen) atoms. The summed E-state index contributed by atoms with van der Waals surface area (Å²) in [6.45, 7) is 6.49. The molecule has 1 aromatic carbocycles. The van der Waals surface area contributed by atoms with E-state index in [1.165, 1.54) is 0 Å². The van der Waals surface area contributed by atoms with Crippen LogP contribution in [0.2, 0.25) is 0 Å². The molecule has 0 bridgehead atoms. The Kier molecular flexibility index (Phi) is 6.49. The van der Waals surface area contributed by atoms with Crippen molar-refractivity contribution in [1.29, 1.82) is 0 Å². The fourth-order valence-corrected chi connectivity index (χ4v) is 3.01. The first-order valence-corrected chi connectivity index (χ1v) is 8.09. The Morgan fingerprint density at radius 3 is 2.60 bits per heavy atom. The summed E-state index contributed by atoms with van der Waals surface area (Å²) in [6.07, 6.45) is 5.33. The van der Waals surface area contributed by atoms with Crippen molar-refractivity contribution < 1.29 is 4.21 Å². The van der Waals surface area contributed by atoms with Gasteiger partial charge in [0.15, 0.2) is 0 Å². The molecule has 0 aliphatic carbocycles. The zero-order valence-corrected chi connectivity index (χ0v) is 14.3. The van der Waals surface area contributed by atoms with Crippen molar-refractivity contribution >= 4 is 26.9 Å². The number of halogens is 1. The predicted octanol–water partition coefficient (Wildman–Crippen LogP) is 3.20. The van der Waals surface area contributed by atoms with Crippen LogP contribution in [0, 0.1) is 24.2 Å². The lowest BCUT2D eigenvalue weighted by Crippen LogP contribution is -2.38. The fraction of sp³-hybridized carbons (Fsp3) is 0.375. The molecule has 106 valence electrons. The standard InChI is InChI=1S/C16H18BrNOS/c1-5-11-18(20(19)16(2,3)4)12-7-9-14-8-6-10-15(17)13-14/h1,6,8,10,13H,11-12H2,2-4H3. The third-order valence-corrected chi connectivity index (χ3v) is 4.61.